The van der Waals surface area contributed by atoms with Gasteiger partial charge >= 0.3 is 0 Å². The first-order valence-corrected chi connectivity index (χ1v) is 3.89. The highest BCUT2D eigenvalue weighted by Crippen LogP contribution is 1.87. The van der Waals surface area contributed by atoms with Crippen molar-refractivity contribution in [3.63, 3.8) is 0 Å². The van der Waals surface area contributed by atoms with Crippen molar-refractivity contribution in [3.8, 4) is 0 Å². The van der Waals surface area contributed by atoms with E-state index in [4.69, 9.17) is 0 Å². The maximum atomic E-state index is 4.04. The van der Waals surface area contributed by atoms with Gasteiger partial charge in [0.1, 0.15) is 0 Å². The van der Waals surface area contributed by atoms with E-state index < -0.39 is 0 Å². The van der Waals surface area contributed by atoms with Crippen LogP contribution in [-0.2, 0) is 0 Å². The van der Waals surface area contributed by atoms with Crippen molar-refractivity contribution in [2.24, 2.45) is 16.9 Å². The van der Waals surface area contributed by atoms with E-state index in [9.17, 15) is 0 Å². The lowest BCUT2D eigenvalue weighted by atomic mass is 10.2. The van der Waals surface area contributed by atoms with E-state index in [2.05, 4.69) is 38.2 Å². The maximum absolute atomic E-state index is 4.04. The second kappa shape index (κ2) is 5.27. The SMILES string of the molecule is CC(C)/C=N\NCC(C)C. The number of nitrogens with zero attached hydrogens (tertiary/aromatic N) is 1. The Kier molecular flexibility index (Phi) is 4.99. The summed E-state index contributed by atoms with van der Waals surface area (Å²) in [6, 6.07) is 0. The summed E-state index contributed by atoms with van der Waals surface area (Å²) in [5, 5.41) is 4.04. The van der Waals surface area contributed by atoms with Gasteiger partial charge in [-0.25, -0.2) is 0 Å². The predicted molar refractivity (Wildman–Crippen MR) is 46.2 cm³/mol. The number of nitrogens with one attached hydrogen (secondary N) is 1. The number of hydrazone groups is 1. The van der Waals surface area contributed by atoms with Crippen LogP contribution in [0.25, 0.3) is 0 Å². The van der Waals surface area contributed by atoms with Gasteiger partial charge in [0.25, 0.3) is 0 Å². The van der Waals surface area contributed by atoms with Crippen LogP contribution < -0.4 is 5.43 Å². The van der Waals surface area contributed by atoms with Crippen LogP contribution in [0.3, 0.4) is 0 Å². The Balaban J connectivity index is 3.19. The minimum absolute atomic E-state index is 0.541. The highest BCUT2D eigenvalue weighted by atomic mass is 15.3. The molecule has 0 saturated heterocycles. The molecule has 0 amide bonds. The molecule has 0 saturated carbocycles. The summed E-state index contributed by atoms with van der Waals surface area (Å²) >= 11 is 0. The molecule has 0 aliphatic rings. The molecule has 0 radical (unpaired) electrons. The molecule has 0 aromatic carbocycles. The molecule has 0 bridgehead atoms. The normalized spacial score (nSPS) is 11.8. The van der Waals surface area contributed by atoms with E-state index in [0.29, 0.717) is 11.8 Å². The van der Waals surface area contributed by atoms with Crippen LogP contribution in [0.4, 0.5) is 0 Å². The Labute approximate surface area is 63.7 Å². The van der Waals surface area contributed by atoms with Crippen LogP contribution in [0, 0.1) is 11.8 Å². The summed E-state index contributed by atoms with van der Waals surface area (Å²) in [6.07, 6.45) is 1.92. The lowest BCUT2D eigenvalue weighted by Crippen LogP contribution is -2.13. The van der Waals surface area contributed by atoms with Gasteiger partial charge in [-0.15, -0.1) is 0 Å². The summed E-state index contributed by atoms with van der Waals surface area (Å²) in [7, 11) is 0. The lowest BCUT2D eigenvalue weighted by Gasteiger charge is -2.02. The standard InChI is InChI=1S/C8H18N2/c1-7(2)5-9-10-6-8(3)4/h5,7-8,10H,6H2,1-4H3/b9-5-. The van der Waals surface area contributed by atoms with Crippen LogP contribution in [0.1, 0.15) is 27.7 Å². The van der Waals surface area contributed by atoms with Crippen LogP contribution in [-0.4, -0.2) is 12.8 Å². The van der Waals surface area contributed by atoms with E-state index >= 15 is 0 Å². The molecule has 0 aromatic heterocycles. The van der Waals surface area contributed by atoms with E-state index in [-0.39, 0.29) is 0 Å². The van der Waals surface area contributed by atoms with Crippen LogP contribution in [0.15, 0.2) is 5.10 Å². The molecule has 10 heavy (non-hydrogen) atoms. The fraction of sp³-hybridized carbons (Fsp3) is 0.875. The zero-order chi connectivity index (χ0) is 7.98. The third-order valence-corrected chi connectivity index (χ3v) is 0.964. The molecule has 2 heteroatoms. The van der Waals surface area contributed by atoms with Gasteiger partial charge in [-0.1, -0.05) is 27.7 Å². The number of hydrogen-bond acceptors (Lipinski definition) is 2. The maximum Gasteiger partial charge on any atom is 0.0352 e. The molecule has 0 spiro atoms. The summed E-state index contributed by atoms with van der Waals surface area (Å²) in [5.41, 5.74) is 2.99. The van der Waals surface area contributed by atoms with Gasteiger partial charge in [-0.2, -0.15) is 5.10 Å². The Hall–Kier alpha value is -0.530. The van der Waals surface area contributed by atoms with Crippen LogP contribution in [0.5, 0.6) is 0 Å². The van der Waals surface area contributed by atoms with Crippen molar-refractivity contribution in [2.45, 2.75) is 27.7 Å². The second-order valence-corrected chi connectivity index (χ2v) is 3.28. The van der Waals surface area contributed by atoms with Crippen molar-refractivity contribution in [1.82, 2.24) is 5.43 Å². The van der Waals surface area contributed by atoms with E-state index in [1.807, 2.05) is 6.21 Å². The van der Waals surface area contributed by atoms with Gasteiger partial charge in [0.05, 0.1) is 0 Å². The fourth-order valence-corrected chi connectivity index (χ4v) is 0.437. The average Bonchev–Trinajstić information content (AvgIpc) is 1.79. The molecule has 60 valence electrons. The topological polar surface area (TPSA) is 24.4 Å². The predicted octanol–water partition coefficient (Wildman–Crippen LogP) is 1.87. The third kappa shape index (κ3) is 7.47. The van der Waals surface area contributed by atoms with Crippen molar-refractivity contribution >= 4 is 6.21 Å². The lowest BCUT2D eigenvalue weighted by molar-refractivity contribution is 0.569. The molecular formula is C8H18N2. The molecule has 0 unspecified atom stereocenters. The van der Waals surface area contributed by atoms with Gasteiger partial charge in [-0.05, 0) is 11.8 Å². The van der Waals surface area contributed by atoms with Crippen molar-refractivity contribution in [1.29, 1.82) is 0 Å². The number of hydrogen-bond donors (Lipinski definition) is 1. The Bertz CT molecular complexity index is 95.4. The van der Waals surface area contributed by atoms with Crippen LogP contribution in [0.2, 0.25) is 0 Å². The third-order valence-electron chi connectivity index (χ3n) is 0.964. The average molecular weight is 142 g/mol. The molecule has 0 aliphatic heterocycles. The van der Waals surface area contributed by atoms with Crippen LogP contribution >= 0.6 is 0 Å². The molecule has 0 aromatic rings. The van der Waals surface area contributed by atoms with Gasteiger partial charge in [-0.3, -0.25) is 0 Å². The monoisotopic (exact) mass is 142 g/mol. The fourth-order valence-electron chi connectivity index (χ4n) is 0.437. The summed E-state index contributed by atoms with van der Waals surface area (Å²) in [5.74, 6) is 1.21. The number of rotatable bonds is 4. The molecular weight excluding hydrogens is 124 g/mol. The smallest absolute Gasteiger partial charge is 0.0352 e. The first-order valence-electron chi connectivity index (χ1n) is 3.89. The first-order chi connectivity index (χ1) is 4.63. The van der Waals surface area contributed by atoms with Gasteiger partial charge < -0.3 is 5.43 Å². The van der Waals surface area contributed by atoms with E-state index in [0.717, 1.165) is 6.54 Å². The Morgan fingerprint density at radius 1 is 1.30 bits per heavy atom. The molecule has 0 atom stereocenters. The molecule has 0 fully saturated rings. The molecule has 2 nitrogen and oxygen atoms in total. The summed E-state index contributed by atoms with van der Waals surface area (Å²) in [6.45, 7) is 9.51. The van der Waals surface area contributed by atoms with Gasteiger partial charge in [0, 0.05) is 12.8 Å². The largest absolute Gasteiger partial charge is 0.310 e. The Morgan fingerprint density at radius 3 is 2.30 bits per heavy atom. The highest BCUT2D eigenvalue weighted by molar-refractivity contribution is 5.58. The first kappa shape index (κ1) is 9.47. The second-order valence-electron chi connectivity index (χ2n) is 3.28. The van der Waals surface area contributed by atoms with Crippen molar-refractivity contribution < 1.29 is 0 Å². The molecule has 0 heterocycles. The van der Waals surface area contributed by atoms with Gasteiger partial charge in [0.15, 0.2) is 0 Å². The zero-order valence-corrected chi connectivity index (χ0v) is 7.39. The summed E-state index contributed by atoms with van der Waals surface area (Å²) < 4.78 is 0. The molecule has 1 N–H and O–H groups in total. The van der Waals surface area contributed by atoms with Crippen molar-refractivity contribution in [2.75, 3.05) is 6.54 Å². The van der Waals surface area contributed by atoms with E-state index in [1.54, 1.807) is 0 Å². The minimum atomic E-state index is 0.541. The highest BCUT2D eigenvalue weighted by Gasteiger charge is 1.88. The zero-order valence-electron chi connectivity index (χ0n) is 7.39. The van der Waals surface area contributed by atoms with Gasteiger partial charge in [0.2, 0.25) is 0 Å². The molecule has 0 aliphatic carbocycles. The molecule has 0 rings (SSSR count). The minimum Gasteiger partial charge on any atom is -0.310 e. The van der Waals surface area contributed by atoms with E-state index in [1.165, 1.54) is 0 Å². The quantitative estimate of drug-likeness (QED) is 0.470. The summed E-state index contributed by atoms with van der Waals surface area (Å²) in [4.78, 5) is 0. The Morgan fingerprint density at radius 2 is 1.90 bits per heavy atom. The van der Waals surface area contributed by atoms with Crippen molar-refractivity contribution in [3.05, 3.63) is 0 Å².